The van der Waals surface area contributed by atoms with Crippen molar-refractivity contribution in [2.45, 2.75) is 13.0 Å². The second kappa shape index (κ2) is 5.06. The van der Waals surface area contributed by atoms with E-state index in [1.165, 1.54) is 13.0 Å². The first-order valence-corrected chi connectivity index (χ1v) is 4.58. The van der Waals surface area contributed by atoms with E-state index >= 15 is 0 Å². The van der Waals surface area contributed by atoms with Gasteiger partial charge < -0.3 is 9.84 Å². The third-order valence-electron chi connectivity index (χ3n) is 1.98. The Balaban J connectivity index is 3.05. The van der Waals surface area contributed by atoms with E-state index in [1.807, 2.05) is 0 Å². The van der Waals surface area contributed by atoms with Gasteiger partial charge in [0.25, 0.3) is 5.69 Å². The van der Waals surface area contributed by atoms with E-state index in [4.69, 9.17) is 9.84 Å². The van der Waals surface area contributed by atoms with Crippen molar-refractivity contribution in [2.75, 3.05) is 0 Å². The van der Waals surface area contributed by atoms with E-state index in [0.717, 1.165) is 12.1 Å². The van der Waals surface area contributed by atoms with Gasteiger partial charge in [-0.05, 0) is 13.0 Å². The molecule has 90 valence electrons. The lowest BCUT2D eigenvalue weighted by atomic mass is 10.2. The highest BCUT2D eigenvalue weighted by molar-refractivity contribution is 5.81. The number of nitrogens with zero attached hydrogens (tertiary/aromatic N) is 1. The van der Waals surface area contributed by atoms with Crippen molar-refractivity contribution in [1.82, 2.24) is 0 Å². The van der Waals surface area contributed by atoms with Crippen molar-refractivity contribution in [3.05, 3.63) is 33.9 Å². The lowest BCUT2D eigenvalue weighted by Crippen LogP contribution is -2.23. The molecule has 0 amide bonds. The van der Waals surface area contributed by atoms with Crippen LogP contribution in [0.4, 0.5) is 5.69 Å². The molecule has 0 spiro atoms. The van der Waals surface area contributed by atoms with Crippen molar-refractivity contribution in [2.24, 2.45) is 0 Å². The largest absolute Gasteiger partial charge is 0.479 e. The predicted molar refractivity (Wildman–Crippen MR) is 56.2 cm³/mol. The van der Waals surface area contributed by atoms with Crippen molar-refractivity contribution >= 4 is 17.9 Å². The van der Waals surface area contributed by atoms with Gasteiger partial charge in [0.2, 0.25) is 0 Å². The third kappa shape index (κ3) is 3.00. The molecule has 0 fully saturated rings. The first kappa shape index (κ1) is 12.6. The first-order chi connectivity index (χ1) is 7.95. The van der Waals surface area contributed by atoms with Gasteiger partial charge in [-0.3, -0.25) is 14.9 Å². The van der Waals surface area contributed by atoms with Crippen LogP contribution in [0.15, 0.2) is 18.2 Å². The number of non-ortho nitro benzene ring substituents is 1. The Kier molecular flexibility index (Phi) is 3.76. The highest BCUT2D eigenvalue weighted by Crippen LogP contribution is 2.23. The molecular formula is C10H9NO6. The van der Waals surface area contributed by atoms with Gasteiger partial charge in [0.15, 0.2) is 12.4 Å². The van der Waals surface area contributed by atoms with Gasteiger partial charge in [0.1, 0.15) is 5.75 Å². The average molecular weight is 239 g/mol. The van der Waals surface area contributed by atoms with Gasteiger partial charge in [0.05, 0.1) is 10.5 Å². The number of benzene rings is 1. The highest BCUT2D eigenvalue weighted by Gasteiger charge is 2.17. The monoisotopic (exact) mass is 239 g/mol. The second-order valence-electron chi connectivity index (χ2n) is 3.20. The number of carboxylic acid groups (broad SMARTS) is 1. The Hall–Kier alpha value is -2.44. The number of carbonyl (C=O) groups excluding carboxylic acids is 1. The van der Waals surface area contributed by atoms with Crippen molar-refractivity contribution in [1.29, 1.82) is 0 Å². The minimum atomic E-state index is -1.19. The van der Waals surface area contributed by atoms with Gasteiger partial charge in [0, 0.05) is 12.1 Å². The molecule has 1 rings (SSSR count). The Morgan fingerprint density at radius 1 is 1.59 bits per heavy atom. The molecule has 1 aromatic carbocycles. The number of ether oxygens (including phenoxy) is 1. The molecular weight excluding hydrogens is 230 g/mol. The molecule has 0 aliphatic carbocycles. The number of carbonyl (C=O) groups is 2. The van der Waals surface area contributed by atoms with Crippen LogP contribution in [0, 0.1) is 10.1 Å². The van der Waals surface area contributed by atoms with Crippen LogP contribution in [0.1, 0.15) is 17.3 Å². The zero-order chi connectivity index (χ0) is 13.0. The van der Waals surface area contributed by atoms with Gasteiger partial charge in [-0.15, -0.1) is 0 Å². The molecule has 0 heterocycles. The summed E-state index contributed by atoms with van der Waals surface area (Å²) in [6.07, 6.45) is -0.771. The van der Waals surface area contributed by atoms with E-state index in [0.29, 0.717) is 6.29 Å². The summed E-state index contributed by atoms with van der Waals surface area (Å²) in [6.45, 7) is 1.29. The van der Waals surface area contributed by atoms with Gasteiger partial charge in [-0.2, -0.15) is 0 Å². The summed E-state index contributed by atoms with van der Waals surface area (Å²) in [5.41, 5.74) is -0.324. The molecule has 1 atom stereocenters. The lowest BCUT2D eigenvalue weighted by Gasteiger charge is -2.11. The maximum absolute atomic E-state index is 10.7. The molecule has 0 aliphatic heterocycles. The maximum Gasteiger partial charge on any atom is 0.344 e. The number of hydrogen-bond donors (Lipinski definition) is 1. The number of nitro groups is 1. The Morgan fingerprint density at radius 2 is 2.24 bits per heavy atom. The fourth-order valence-electron chi connectivity index (χ4n) is 1.09. The molecule has 0 aliphatic rings. The first-order valence-electron chi connectivity index (χ1n) is 4.58. The summed E-state index contributed by atoms with van der Waals surface area (Å²) >= 11 is 0. The van der Waals surface area contributed by atoms with E-state index in [9.17, 15) is 19.7 Å². The van der Waals surface area contributed by atoms with E-state index < -0.39 is 17.0 Å². The summed E-state index contributed by atoms with van der Waals surface area (Å²) in [5.74, 6) is -1.19. The summed E-state index contributed by atoms with van der Waals surface area (Å²) in [7, 11) is 0. The number of aliphatic carboxylic acids is 1. The second-order valence-corrected chi connectivity index (χ2v) is 3.20. The Bertz CT molecular complexity index is 470. The quantitative estimate of drug-likeness (QED) is 0.471. The third-order valence-corrected chi connectivity index (χ3v) is 1.98. The van der Waals surface area contributed by atoms with Crippen LogP contribution in [0.5, 0.6) is 5.75 Å². The minimum Gasteiger partial charge on any atom is -0.479 e. The molecule has 0 radical (unpaired) electrons. The van der Waals surface area contributed by atoms with E-state index in [1.54, 1.807) is 0 Å². The molecule has 7 heteroatoms. The number of aldehydes is 1. The van der Waals surface area contributed by atoms with Crippen LogP contribution in [0.3, 0.4) is 0 Å². The fourth-order valence-corrected chi connectivity index (χ4v) is 1.09. The zero-order valence-corrected chi connectivity index (χ0v) is 8.82. The summed E-state index contributed by atoms with van der Waals surface area (Å²) in [6, 6.07) is 3.36. The molecule has 0 saturated heterocycles. The smallest absolute Gasteiger partial charge is 0.344 e. The molecule has 0 aromatic heterocycles. The maximum atomic E-state index is 10.7. The normalized spacial score (nSPS) is 11.6. The Morgan fingerprint density at radius 3 is 2.71 bits per heavy atom. The predicted octanol–water partition coefficient (Wildman–Crippen LogP) is 1.26. The van der Waals surface area contributed by atoms with Crippen LogP contribution in [0.2, 0.25) is 0 Å². The van der Waals surface area contributed by atoms with Gasteiger partial charge in [-0.25, -0.2) is 4.79 Å². The molecule has 17 heavy (non-hydrogen) atoms. The molecule has 0 saturated carbocycles. The number of carboxylic acids is 1. The summed E-state index contributed by atoms with van der Waals surface area (Å²) in [4.78, 5) is 31.1. The van der Waals surface area contributed by atoms with Crippen LogP contribution in [-0.2, 0) is 4.79 Å². The molecule has 1 aromatic rings. The minimum absolute atomic E-state index is 0.000463. The SMILES string of the molecule is CC(Oc1ccc([N+](=O)[O-])cc1C=O)C(=O)O. The molecule has 0 bridgehead atoms. The van der Waals surface area contributed by atoms with E-state index in [2.05, 4.69) is 0 Å². The summed E-state index contributed by atoms with van der Waals surface area (Å²) in [5, 5.41) is 19.1. The average Bonchev–Trinajstić information content (AvgIpc) is 2.28. The molecule has 1 unspecified atom stereocenters. The molecule has 1 N–H and O–H groups in total. The highest BCUT2D eigenvalue weighted by atomic mass is 16.6. The van der Waals surface area contributed by atoms with Crippen LogP contribution in [-0.4, -0.2) is 28.4 Å². The van der Waals surface area contributed by atoms with Crippen molar-refractivity contribution in [3.63, 3.8) is 0 Å². The van der Waals surface area contributed by atoms with Crippen LogP contribution < -0.4 is 4.74 Å². The topological polar surface area (TPSA) is 107 Å². The number of rotatable bonds is 5. The van der Waals surface area contributed by atoms with Crippen LogP contribution in [0.25, 0.3) is 0 Å². The van der Waals surface area contributed by atoms with Gasteiger partial charge in [-0.1, -0.05) is 0 Å². The zero-order valence-electron chi connectivity index (χ0n) is 8.82. The van der Waals surface area contributed by atoms with Crippen LogP contribution >= 0.6 is 0 Å². The van der Waals surface area contributed by atoms with Crippen molar-refractivity contribution in [3.8, 4) is 5.75 Å². The Labute approximate surface area is 95.8 Å². The van der Waals surface area contributed by atoms with E-state index in [-0.39, 0.29) is 17.0 Å². The summed E-state index contributed by atoms with van der Waals surface area (Å²) < 4.78 is 4.98. The fraction of sp³-hybridized carbons (Fsp3) is 0.200. The molecule has 7 nitrogen and oxygen atoms in total. The van der Waals surface area contributed by atoms with Crippen molar-refractivity contribution < 1.29 is 24.4 Å². The number of hydrogen-bond acceptors (Lipinski definition) is 5. The lowest BCUT2D eigenvalue weighted by molar-refractivity contribution is -0.384. The number of nitro benzene ring substituents is 1. The standard InChI is InChI=1S/C10H9NO6/c1-6(10(13)14)17-9-3-2-8(11(15)16)4-7(9)5-12/h2-6H,1H3,(H,13,14). The van der Waals surface area contributed by atoms with Gasteiger partial charge >= 0.3 is 5.97 Å².